The number of nitrogens with one attached hydrogen (secondary N) is 2. The molecule has 2 aliphatic rings. The predicted octanol–water partition coefficient (Wildman–Crippen LogP) is 2.13. The van der Waals surface area contributed by atoms with Crippen LogP contribution >= 0.6 is 0 Å². The number of urea groups is 1. The molecular formula is C29H27N3O8. The van der Waals surface area contributed by atoms with Gasteiger partial charge in [-0.15, -0.1) is 0 Å². The van der Waals surface area contributed by atoms with E-state index in [9.17, 15) is 29.1 Å². The van der Waals surface area contributed by atoms with Crippen molar-refractivity contribution in [1.82, 2.24) is 10.6 Å². The number of methoxy groups -OCH3 is 2. The molecule has 11 heteroatoms. The van der Waals surface area contributed by atoms with Gasteiger partial charge in [-0.3, -0.25) is 34.7 Å². The molecule has 0 aliphatic carbocycles. The molecule has 0 aromatic heterocycles. The highest BCUT2D eigenvalue weighted by Crippen LogP contribution is 2.28. The van der Waals surface area contributed by atoms with Crippen LogP contribution in [0.2, 0.25) is 0 Å². The van der Waals surface area contributed by atoms with Crippen molar-refractivity contribution in [2.45, 2.75) is 18.6 Å². The van der Waals surface area contributed by atoms with Crippen LogP contribution in [-0.2, 0) is 19.2 Å². The summed E-state index contributed by atoms with van der Waals surface area (Å²) in [6, 6.07) is 12.3. The first kappa shape index (κ1) is 28.0. The first-order valence-corrected chi connectivity index (χ1v) is 12.3. The Hall–Kier alpha value is -5.03. The largest absolute Gasteiger partial charge is 0.497 e. The first-order valence-electron chi connectivity index (χ1n) is 12.3. The summed E-state index contributed by atoms with van der Waals surface area (Å²) in [5.41, 5.74) is 0.740. The highest BCUT2D eigenvalue weighted by Gasteiger charge is 2.39. The summed E-state index contributed by atoms with van der Waals surface area (Å²) < 4.78 is 10.2. The Morgan fingerprint density at radius 1 is 0.825 bits per heavy atom. The molecule has 3 N–H and O–H groups in total. The SMILES string of the molecule is COc1ccc(C2CC(=O)/C(=C/C=C/C=C/C3C(=O)NC(=O)N(c4ccc(OC)cc4)C3O)C(=O)NC2=O)cc1. The highest BCUT2D eigenvalue weighted by molar-refractivity contribution is 6.25. The fourth-order valence-electron chi connectivity index (χ4n) is 4.32. The fraction of sp³-hybridized carbons (Fsp3) is 0.207. The molecule has 5 amide bonds. The minimum atomic E-state index is -1.48. The second kappa shape index (κ2) is 12.2. The summed E-state index contributed by atoms with van der Waals surface area (Å²) in [6.45, 7) is 0. The molecule has 0 spiro atoms. The van der Waals surface area contributed by atoms with Crippen molar-refractivity contribution in [3.05, 3.63) is 90.0 Å². The molecule has 11 nitrogen and oxygen atoms in total. The Labute approximate surface area is 229 Å². The van der Waals surface area contributed by atoms with Gasteiger partial charge in [0.05, 0.1) is 25.7 Å². The summed E-state index contributed by atoms with van der Waals surface area (Å²) in [5, 5.41) is 15.2. The van der Waals surface area contributed by atoms with E-state index >= 15 is 0 Å². The maximum Gasteiger partial charge on any atom is 0.330 e. The van der Waals surface area contributed by atoms with Crippen LogP contribution in [0.4, 0.5) is 10.5 Å². The average molecular weight is 546 g/mol. The number of Topliss-reactive ketones (excluding diaryl/α,β-unsaturated/α-hetero) is 1. The third kappa shape index (κ3) is 6.00. The fourth-order valence-corrected chi connectivity index (χ4v) is 4.32. The smallest absolute Gasteiger partial charge is 0.330 e. The van der Waals surface area contributed by atoms with Crippen LogP contribution in [0, 0.1) is 5.92 Å². The van der Waals surface area contributed by atoms with Crippen molar-refractivity contribution >= 4 is 35.2 Å². The standard InChI is InChI=1S/C29H27N3O8/c1-39-19-12-8-17(9-13-19)23-16-24(33)21(25(34)30-27(23)36)6-4-3-5-7-22-26(35)31-29(38)32(28(22)37)18-10-14-20(40-2)15-11-18/h3-15,22-23,28,37H,16H2,1-2H3,(H,30,34,36)(H,31,35,38)/b4-3+,7-5+,21-6-. The maximum absolute atomic E-state index is 12.8. The molecule has 206 valence electrons. The van der Waals surface area contributed by atoms with E-state index in [1.54, 1.807) is 48.5 Å². The second-order valence-electron chi connectivity index (χ2n) is 8.92. The van der Waals surface area contributed by atoms with Crippen molar-refractivity contribution in [3.63, 3.8) is 0 Å². The predicted molar refractivity (Wildman–Crippen MR) is 143 cm³/mol. The molecule has 2 saturated heterocycles. The molecule has 3 atom stereocenters. The summed E-state index contributed by atoms with van der Waals surface area (Å²) in [5.74, 6) is -3.36. The number of hydrogen-bond acceptors (Lipinski definition) is 8. The van der Waals surface area contributed by atoms with Gasteiger partial charge in [0.15, 0.2) is 12.0 Å². The lowest BCUT2D eigenvalue weighted by Crippen LogP contribution is -2.60. The molecule has 0 saturated carbocycles. The molecule has 2 fully saturated rings. The zero-order valence-corrected chi connectivity index (χ0v) is 21.7. The summed E-state index contributed by atoms with van der Waals surface area (Å²) in [4.78, 5) is 63.8. The number of hydrogen-bond donors (Lipinski definition) is 3. The number of amides is 5. The van der Waals surface area contributed by atoms with Crippen molar-refractivity contribution in [3.8, 4) is 11.5 Å². The Morgan fingerprint density at radius 2 is 1.45 bits per heavy atom. The van der Waals surface area contributed by atoms with E-state index in [1.807, 2.05) is 0 Å². The Kier molecular flexibility index (Phi) is 8.55. The van der Waals surface area contributed by atoms with Crippen molar-refractivity contribution < 1.29 is 38.6 Å². The monoisotopic (exact) mass is 545 g/mol. The zero-order chi connectivity index (χ0) is 28.8. The number of anilines is 1. The molecule has 0 radical (unpaired) electrons. The van der Waals surface area contributed by atoms with Crippen LogP contribution in [0.5, 0.6) is 11.5 Å². The Bertz CT molecular complexity index is 1410. The van der Waals surface area contributed by atoms with Gasteiger partial charge in [0.1, 0.15) is 17.4 Å². The van der Waals surface area contributed by atoms with Crippen LogP contribution < -0.4 is 25.0 Å². The number of ether oxygens (including phenoxy) is 2. The summed E-state index contributed by atoms with van der Waals surface area (Å²) in [6.07, 6.45) is 5.29. The van der Waals surface area contributed by atoms with Gasteiger partial charge in [0, 0.05) is 12.1 Å². The maximum atomic E-state index is 12.8. The quantitative estimate of drug-likeness (QED) is 0.207. The zero-order valence-electron chi connectivity index (χ0n) is 21.7. The minimum absolute atomic E-state index is 0.191. The van der Waals surface area contributed by atoms with Gasteiger partial charge in [-0.1, -0.05) is 36.4 Å². The van der Waals surface area contributed by atoms with Crippen molar-refractivity contribution in [1.29, 1.82) is 0 Å². The lowest BCUT2D eigenvalue weighted by atomic mass is 9.92. The number of imide groups is 2. The van der Waals surface area contributed by atoms with Gasteiger partial charge in [0.2, 0.25) is 11.8 Å². The van der Waals surface area contributed by atoms with Gasteiger partial charge in [-0.25, -0.2) is 4.79 Å². The average Bonchev–Trinajstić information content (AvgIpc) is 3.05. The van der Waals surface area contributed by atoms with E-state index < -0.39 is 47.6 Å². The van der Waals surface area contributed by atoms with Crippen LogP contribution in [0.1, 0.15) is 17.9 Å². The molecule has 2 aliphatic heterocycles. The number of allylic oxidation sites excluding steroid dienone is 4. The number of benzene rings is 2. The number of carbonyl (C=O) groups is 5. The van der Waals surface area contributed by atoms with E-state index in [1.165, 1.54) is 44.6 Å². The number of nitrogens with zero attached hydrogens (tertiary/aromatic N) is 1. The third-order valence-corrected chi connectivity index (χ3v) is 6.50. The van der Waals surface area contributed by atoms with E-state index in [-0.39, 0.29) is 12.0 Å². The molecule has 2 aromatic rings. The first-order chi connectivity index (χ1) is 19.2. The molecule has 2 heterocycles. The number of ketones is 1. The topological polar surface area (TPSA) is 151 Å². The number of rotatable bonds is 7. The minimum Gasteiger partial charge on any atom is -0.497 e. The van der Waals surface area contributed by atoms with Crippen LogP contribution in [-0.4, -0.2) is 55.1 Å². The summed E-state index contributed by atoms with van der Waals surface area (Å²) in [7, 11) is 3.01. The number of carbonyl (C=O) groups excluding carboxylic acids is 5. The number of aliphatic hydroxyl groups excluding tert-OH is 1. The highest BCUT2D eigenvalue weighted by atomic mass is 16.5. The van der Waals surface area contributed by atoms with Gasteiger partial charge < -0.3 is 14.6 Å². The number of aliphatic hydroxyl groups is 1. The van der Waals surface area contributed by atoms with Gasteiger partial charge >= 0.3 is 6.03 Å². The van der Waals surface area contributed by atoms with Crippen molar-refractivity contribution in [2.75, 3.05) is 19.1 Å². The molecular weight excluding hydrogens is 518 g/mol. The van der Waals surface area contributed by atoms with Crippen LogP contribution in [0.15, 0.2) is 84.5 Å². The normalized spacial score (nSPS) is 23.0. The second-order valence-corrected chi connectivity index (χ2v) is 8.92. The van der Waals surface area contributed by atoms with Gasteiger partial charge in [0.25, 0.3) is 5.91 Å². The molecule has 3 unspecified atom stereocenters. The molecule has 0 bridgehead atoms. The van der Waals surface area contributed by atoms with Gasteiger partial charge in [-0.05, 0) is 48.0 Å². The Morgan fingerprint density at radius 3 is 2.08 bits per heavy atom. The molecule has 4 rings (SSSR count). The van der Waals surface area contributed by atoms with E-state index in [0.717, 1.165) is 4.90 Å². The van der Waals surface area contributed by atoms with Crippen molar-refractivity contribution in [2.24, 2.45) is 5.92 Å². The lowest BCUT2D eigenvalue weighted by Gasteiger charge is -2.35. The Balaban J connectivity index is 1.45. The van der Waals surface area contributed by atoms with E-state index in [0.29, 0.717) is 22.7 Å². The van der Waals surface area contributed by atoms with E-state index in [4.69, 9.17) is 9.47 Å². The van der Waals surface area contributed by atoms with Crippen LogP contribution in [0.25, 0.3) is 0 Å². The summed E-state index contributed by atoms with van der Waals surface area (Å²) >= 11 is 0. The van der Waals surface area contributed by atoms with E-state index in [2.05, 4.69) is 10.6 Å². The third-order valence-electron chi connectivity index (χ3n) is 6.50. The molecule has 40 heavy (non-hydrogen) atoms. The van der Waals surface area contributed by atoms with Gasteiger partial charge in [-0.2, -0.15) is 0 Å². The van der Waals surface area contributed by atoms with Crippen LogP contribution in [0.3, 0.4) is 0 Å². The lowest BCUT2D eigenvalue weighted by molar-refractivity contribution is -0.129. The molecule has 2 aromatic carbocycles.